The van der Waals surface area contributed by atoms with Crippen molar-refractivity contribution in [2.45, 2.75) is 38.5 Å². The molecule has 0 saturated carbocycles. The summed E-state index contributed by atoms with van der Waals surface area (Å²) in [6.07, 6.45) is 5.93. The highest BCUT2D eigenvalue weighted by atomic mass is 35.5. The number of hydrogen-bond donors (Lipinski definition) is 1. The lowest BCUT2D eigenvalue weighted by Gasteiger charge is -2.35. The summed E-state index contributed by atoms with van der Waals surface area (Å²) in [5.41, 5.74) is 7.89. The largest absolute Gasteiger partial charge is 0.366 e. The molecule has 2 aliphatic heterocycles. The van der Waals surface area contributed by atoms with Crippen LogP contribution >= 0.6 is 23.2 Å². The van der Waals surface area contributed by atoms with Gasteiger partial charge in [-0.05, 0) is 93.9 Å². The Labute approximate surface area is 247 Å². The molecule has 2 fully saturated rings. The third-order valence-corrected chi connectivity index (χ3v) is 10.1. The molecule has 0 aliphatic carbocycles. The van der Waals surface area contributed by atoms with Crippen LogP contribution < -0.4 is 10.6 Å². The summed E-state index contributed by atoms with van der Waals surface area (Å²) >= 11 is 12.4. The average Bonchev–Trinajstić information content (AvgIpc) is 2.93. The molecule has 0 radical (unpaired) electrons. The van der Waals surface area contributed by atoms with E-state index in [2.05, 4.69) is 4.90 Å². The lowest BCUT2D eigenvalue weighted by Crippen LogP contribution is -2.45. The number of nitrogens with zero attached hydrogens (tertiary/aromatic N) is 3. The number of likely N-dealkylation sites (tertiary alicyclic amines) is 1. The number of sulfonamides is 1. The first kappa shape index (κ1) is 30.8. The van der Waals surface area contributed by atoms with E-state index in [9.17, 15) is 18.0 Å². The zero-order chi connectivity index (χ0) is 28.9. The molecule has 2 aliphatic rings. The smallest absolute Gasteiger partial charge is 0.248 e. The lowest BCUT2D eigenvalue weighted by atomic mass is 9.88. The van der Waals surface area contributed by atoms with Crippen LogP contribution in [0.4, 0.5) is 5.69 Å². The van der Waals surface area contributed by atoms with Crippen molar-refractivity contribution in [1.29, 1.82) is 0 Å². The Morgan fingerprint density at radius 3 is 2.27 bits per heavy atom. The molecule has 2 aromatic carbocycles. The van der Waals surface area contributed by atoms with E-state index in [0.717, 1.165) is 50.9 Å². The molecule has 0 unspecified atom stereocenters. The Kier molecular flexibility index (Phi) is 10.5. The van der Waals surface area contributed by atoms with Gasteiger partial charge in [0.05, 0.1) is 16.3 Å². The Hall–Kier alpha value is -2.17. The quantitative estimate of drug-likeness (QED) is 0.429. The molecule has 2 amide bonds. The maximum Gasteiger partial charge on any atom is 0.248 e. The molecule has 2 aromatic rings. The number of hydrogen-bond acceptors (Lipinski definition) is 5. The van der Waals surface area contributed by atoms with Crippen molar-refractivity contribution in [2.24, 2.45) is 17.6 Å². The standard InChI is InChI=1S/C29H38Cl2N4O4S/c1-40(38,39)34-17-11-22(12-18-34)29(37)35(24-7-8-26(30)27(31)20-24)14-4-13-33-15-9-21(10-16-33)19-23-5-2-3-6-25(23)28(32)36/h2-3,5-8,20-22H,4,9-19H2,1H3,(H2,32,36). The molecular weight excluding hydrogens is 571 g/mol. The molecule has 0 bridgehead atoms. The number of amides is 2. The predicted octanol–water partition coefficient (Wildman–Crippen LogP) is 4.44. The third-order valence-electron chi connectivity index (χ3n) is 8.11. The van der Waals surface area contributed by atoms with Gasteiger partial charge in [-0.3, -0.25) is 9.59 Å². The number of benzene rings is 2. The first-order valence-corrected chi connectivity index (χ1v) is 16.4. The number of carbonyl (C=O) groups excluding carboxylic acids is 2. The zero-order valence-corrected chi connectivity index (χ0v) is 25.2. The van der Waals surface area contributed by atoms with E-state index in [1.54, 1.807) is 23.1 Å². The van der Waals surface area contributed by atoms with Gasteiger partial charge >= 0.3 is 0 Å². The summed E-state index contributed by atoms with van der Waals surface area (Å²) in [5, 5.41) is 0.824. The molecule has 218 valence electrons. The molecule has 2 heterocycles. The minimum absolute atomic E-state index is 0.00151. The molecule has 0 atom stereocenters. The van der Waals surface area contributed by atoms with Gasteiger partial charge in [0, 0.05) is 36.8 Å². The predicted molar refractivity (Wildman–Crippen MR) is 160 cm³/mol. The summed E-state index contributed by atoms with van der Waals surface area (Å²) < 4.78 is 25.3. The van der Waals surface area contributed by atoms with Gasteiger partial charge in [-0.15, -0.1) is 0 Å². The maximum atomic E-state index is 13.7. The van der Waals surface area contributed by atoms with Crippen LogP contribution in [0.25, 0.3) is 0 Å². The second-order valence-corrected chi connectivity index (χ2v) is 13.7. The lowest BCUT2D eigenvalue weighted by molar-refractivity contribution is -0.123. The highest BCUT2D eigenvalue weighted by molar-refractivity contribution is 7.88. The van der Waals surface area contributed by atoms with E-state index in [0.29, 0.717) is 59.7 Å². The van der Waals surface area contributed by atoms with Gasteiger partial charge in [0.1, 0.15) is 0 Å². The second-order valence-electron chi connectivity index (χ2n) is 10.9. The van der Waals surface area contributed by atoms with Crippen LogP contribution in [0.3, 0.4) is 0 Å². The normalized spacial score (nSPS) is 18.1. The summed E-state index contributed by atoms with van der Waals surface area (Å²) in [7, 11) is -3.26. The minimum Gasteiger partial charge on any atom is -0.366 e. The average molecular weight is 610 g/mol. The molecule has 0 spiro atoms. The molecule has 0 aromatic heterocycles. The number of anilines is 1. The highest BCUT2D eigenvalue weighted by Gasteiger charge is 2.32. The van der Waals surface area contributed by atoms with Crippen LogP contribution in [0.1, 0.15) is 48.0 Å². The maximum absolute atomic E-state index is 13.7. The van der Waals surface area contributed by atoms with Crippen molar-refractivity contribution in [3.05, 3.63) is 63.6 Å². The van der Waals surface area contributed by atoms with Crippen LogP contribution in [0, 0.1) is 11.8 Å². The van der Waals surface area contributed by atoms with Crippen LogP contribution in [0.15, 0.2) is 42.5 Å². The fourth-order valence-corrected chi connectivity index (χ4v) is 6.96. The van der Waals surface area contributed by atoms with Crippen molar-refractivity contribution < 1.29 is 18.0 Å². The SMILES string of the molecule is CS(=O)(=O)N1CCC(C(=O)N(CCCN2CCC(Cc3ccccc3C(N)=O)CC2)c2ccc(Cl)c(Cl)c2)CC1. The van der Waals surface area contributed by atoms with Crippen LogP contribution in [0.5, 0.6) is 0 Å². The van der Waals surface area contributed by atoms with E-state index in [-0.39, 0.29) is 17.7 Å². The number of primary amides is 1. The van der Waals surface area contributed by atoms with Gasteiger partial charge in [-0.2, -0.15) is 0 Å². The van der Waals surface area contributed by atoms with Gasteiger partial charge in [0.2, 0.25) is 21.8 Å². The van der Waals surface area contributed by atoms with E-state index in [1.807, 2.05) is 24.3 Å². The zero-order valence-electron chi connectivity index (χ0n) is 22.9. The van der Waals surface area contributed by atoms with Crippen molar-refractivity contribution in [2.75, 3.05) is 50.4 Å². The minimum atomic E-state index is -3.26. The van der Waals surface area contributed by atoms with Gasteiger partial charge in [0.15, 0.2) is 0 Å². The Morgan fingerprint density at radius 1 is 0.975 bits per heavy atom. The number of rotatable bonds is 10. The van der Waals surface area contributed by atoms with Crippen LogP contribution in [0.2, 0.25) is 10.0 Å². The van der Waals surface area contributed by atoms with E-state index < -0.39 is 10.0 Å². The van der Waals surface area contributed by atoms with Gasteiger partial charge in [0.25, 0.3) is 0 Å². The molecule has 2 N–H and O–H groups in total. The first-order valence-electron chi connectivity index (χ1n) is 13.8. The van der Waals surface area contributed by atoms with E-state index in [1.165, 1.54) is 10.6 Å². The van der Waals surface area contributed by atoms with Gasteiger partial charge in [-0.1, -0.05) is 41.4 Å². The van der Waals surface area contributed by atoms with E-state index in [4.69, 9.17) is 28.9 Å². The van der Waals surface area contributed by atoms with Crippen LogP contribution in [-0.2, 0) is 21.2 Å². The van der Waals surface area contributed by atoms with Gasteiger partial charge in [-0.25, -0.2) is 12.7 Å². The Balaban J connectivity index is 1.33. The highest BCUT2D eigenvalue weighted by Crippen LogP contribution is 2.30. The van der Waals surface area contributed by atoms with Crippen molar-refractivity contribution in [1.82, 2.24) is 9.21 Å². The van der Waals surface area contributed by atoms with Crippen LogP contribution in [-0.4, -0.2) is 75.0 Å². The number of piperidine rings is 2. The second kappa shape index (κ2) is 13.7. The molecule has 8 nitrogen and oxygen atoms in total. The monoisotopic (exact) mass is 608 g/mol. The Bertz CT molecular complexity index is 1310. The number of nitrogens with two attached hydrogens (primary N) is 1. The molecule has 2 saturated heterocycles. The topological polar surface area (TPSA) is 104 Å². The Morgan fingerprint density at radius 2 is 1.65 bits per heavy atom. The fourth-order valence-electron chi connectivity index (χ4n) is 5.79. The van der Waals surface area contributed by atoms with E-state index >= 15 is 0 Å². The number of halogens is 2. The first-order chi connectivity index (χ1) is 19.0. The van der Waals surface area contributed by atoms with Crippen molar-refractivity contribution in [3.8, 4) is 0 Å². The van der Waals surface area contributed by atoms with Gasteiger partial charge < -0.3 is 15.5 Å². The summed E-state index contributed by atoms with van der Waals surface area (Å²) in [5.74, 6) is -0.122. The molecule has 4 rings (SSSR count). The summed E-state index contributed by atoms with van der Waals surface area (Å²) in [4.78, 5) is 29.7. The van der Waals surface area contributed by atoms with Crippen molar-refractivity contribution in [3.63, 3.8) is 0 Å². The molecule has 11 heteroatoms. The summed E-state index contributed by atoms with van der Waals surface area (Å²) in [6.45, 7) is 4.03. The third kappa shape index (κ3) is 7.97. The fraction of sp³-hybridized carbons (Fsp3) is 0.517. The summed E-state index contributed by atoms with van der Waals surface area (Å²) in [6, 6.07) is 12.8. The van der Waals surface area contributed by atoms with Crippen molar-refractivity contribution >= 4 is 50.7 Å². The molecule has 40 heavy (non-hydrogen) atoms. The molecular formula is C29H38Cl2N4O4S. The number of carbonyl (C=O) groups is 2.